The number of hydrogen-bond acceptors (Lipinski definition) is 4. The Balaban J connectivity index is 2.37. The maximum Gasteiger partial charge on any atom is 0.0948 e. The first-order chi connectivity index (χ1) is 7.94. The molecule has 0 saturated carbocycles. The molecule has 1 heterocycles. The quantitative estimate of drug-likeness (QED) is 0.720. The second kappa shape index (κ2) is 6.14. The van der Waals surface area contributed by atoms with Crippen LogP contribution < -0.4 is 5.32 Å². The molecule has 17 heavy (non-hydrogen) atoms. The molecule has 1 atom stereocenters. The van der Waals surface area contributed by atoms with Crippen molar-refractivity contribution in [1.82, 2.24) is 19.8 Å². The monoisotopic (exact) mass is 240 g/mol. The van der Waals surface area contributed by atoms with Crippen LogP contribution in [0.25, 0.3) is 0 Å². The van der Waals surface area contributed by atoms with Crippen LogP contribution >= 0.6 is 0 Å². The highest BCUT2D eigenvalue weighted by atomic mass is 16.3. The minimum Gasteiger partial charge on any atom is -0.388 e. The Morgan fingerprint density at radius 2 is 2.24 bits per heavy atom. The van der Waals surface area contributed by atoms with Crippen molar-refractivity contribution in [2.24, 2.45) is 0 Å². The van der Waals surface area contributed by atoms with E-state index >= 15 is 0 Å². The molecule has 5 heteroatoms. The third-order valence-electron chi connectivity index (χ3n) is 2.61. The molecule has 0 aromatic carbocycles. The number of aromatic nitrogens is 2. The van der Waals surface area contributed by atoms with Gasteiger partial charge in [-0.15, -0.1) is 0 Å². The zero-order chi connectivity index (χ0) is 12.9. The van der Waals surface area contributed by atoms with E-state index in [9.17, 15) is 5.11 Å². The van der Waals surface area contributed by atoms with Gasteiger partial charge in [-0.1, -0.05) is 0 Å². The number of nitrogens with one attached hydrogen (secondary N) is 1. The van der Waals surface area contributed by atoms with E-state index in [2.05, 4.69) is 21.8 Å². The van der Waals surface area contributed by atoms with Crippen molar-refractivity contribution >= 4 is 0 Å². The molecule has 0 aliphatic heterocycles. The first-order valence-corrected chi connectivity index (χ1v) is 6.01. The van der Waals surface area contributed by atoms with Crippen LogP contribution in [0.15, 0.2) is 12.5 Å². The van der Waals surface area contributed by atoms with Gasteiger partial charge in [-0.2, -0.15) is 0 Å². The number of aryl methyl sites for hydroxylation is 1. The molecule has 1 rings (SSSR count). The largest absolute Gasteiger partial charge is 0.388 e. The summed E-state index contributed by atoms with van der Waals surface area (Å²) in [5.41, 5.74) is 0.439. The number of nitrogens with zero attached hydrogens (tertiary/aromatic N) is 3. The first kappa shape index (κ1) is 14.2. The van der Waals surface area contributed by atoms with Crippen LogP contribution in [0.4, 0.5) is 0 Å². The summed E-state index contributed by atoms with van der Waals surface area (Å²) in [7, 11) is 3.92. The predicted octanol–water partition coefficient (Wildman–Crippen LogP) is 0.305. The molecule has 98 valence electrons. The Bertz CT molecular complexity index is 333. The van der Waals surface area contributed by atoms with Crippen molar-refractivity contribution in [2.45, 2.75) is 32.5 Å². The molecular weight excluding hydrogens is 216 g/mol. The lowest BCUT2D eigenvalue weighted by Gasteiger charge is -2.27. The fraction of sp³-hybridized carbons (Fsp3) is 0.750. The normalized spacial score (nSPS) is 15.2. The lowest BCUT2D eigenvalue weighted by Crippen LogP contribution is -2.45. The summed E-state index contributed by atoms with van der Waals surface area (Å²) in [5.74, 6) is 0. The Kier molecular flexibility index (Phi) is 5.11. The molecule has 0 amide bonds. The average molecular weight is 240 g/mol. The Morgan fingerprint density at radius 3 is 2.82 bits per heavy atom. The summed E-state index contributed by atoms with van der Waals surface area (Å²) in [6.45, 7) is 6.81. The fourth-order valence-electron chi connectivity index (χ4n) is 1.98. The molecule has 2 N–H and O–H groups in total. The van der Waals surface area contributed by atoms with Crippen molar-refractivity contribution < 1.29 is 5.11 Å². The molecule has 0 spiro atoms. The van der Waals surface area contributed by atoms with Crippen molar-refractivity contribution in [2.75, 3.05) is 27.2 Å². The average Bonchev–Trinajstić information content (AvgIpc) is 2.62. The summed E-state index contributed by atoms with van der Waals surface area (Å²) in [6, 6.07) is 0. The van der Waals surface area contributed by atoms with Crippen molar-refractivity contribution in [3.8, 4) is 0 Å². The van der Waals surface area contributed by atoms with Crippen molar-refractivity contribution in [1.29, 1.82) is 0 Å². The van der Waals surface area contributed by atoms with Gasteiger partial charge in [0.2, 0.25) is 0 Å². The van der Waals surface area contributed by atoms with Gasteiger partial charge in [0.1, 0.15) is 0 Å². The van der Waals surface area contributed by atoms with Gasteiger partial charge in [0.25, 0.3) is 0 Å². The summed E-state index contributed by atoms with van der Waals surface area (Å²) < 4.78 is 2.09. The highest BCUT2D eigenvalue weighted by Crippen LogP contribution is 2.04. The van der Waals surface area contributed by atoms with E-state index in [-0.39, 0.29) is 0 Å². The predicted molar refractivity (Wildman–Crippen MR) is 68.8 cm³/mol. The van der Waals surface area contributed by atoms with E-state index in [0.29, 0.717) is 13.1 Å². The van der Waals surface area contributed by atoms with E-state index < -0.39 is 5.60 Å². The molecular formula is C12H24N4O. The SMILES string of the molecule is CCn1cncc1CNCC(C)(O)CN(C)C. The van der Waals surface area contributed by atoms with Crippen LogP contribution in [0.3, 0.4) is 0 Å². The van der Waals surface area contributed by atoms with Crippen LogP contribution in [0.5, 0.6) is 0 Å². The Labute approximate surface area is 103 Å². The van der Waals surface area contributed by atoms with Crippen molar-refractivity contribution in [3.63, 3.8) is 0 Å². The van der Waals surface area contributed by atoms with Gasteiger partial charge in [-0.3, -0.25) is 0 Å². The molecule has 0 saturated heterocycles. The molecule has 1 aromatic heterocycles. The molecule has 1 aromatic rings. The van der Waals surface area contributed by atoms with Gasteiger partial charge >= 0.3 is 0 Å². The first-order valence-electron chi connectivity index (χ1n) is 6.01. The molecule has 1 unspecified atom stereocenters. The Morgan fingerprint density at radius 1 is 1.53 bits per heavy atom. The van der Waals surface area contributed by atoms with E-state index in [1.54, 1.807) is 0 Å². The smallest absolute Gasteiger partial charge is 0.0948 e. The molecule has 0 radical (unpaired) electrons. The number of aliphatic hydroxyl groups is 1. The highest BCUT2D eigenvalue weighted by molar-refractivity contribution is 4.98. The molecule has 0 aliphatic carbocycles. The maximum atomic E-state index is 10.1. The maximum absolute atomic E-state index is 10.1. The standard InChI is InChI=1S/C12H24N4O/c1-5-16-10-14-7-11(16)6-13-8-12(2,17)9-15(3)4/h7,10,13,17H,5-6,8-9H2,1-4H3. The van der Waals surface area contributed by atoms with Gasteiger partial charge in [-0.25, -0.2) is 4.98 Å². The van der Waals surface area contributed by atoms with Gasteiger partial charge in [0.15, 0.2) is 0 Å². The Hall–Kier alpha value is -0.910. The molecule has 0 bridgehead atoms. The fourth-order valence-corrected chi connectivity index (χ4v) is 1.98. The summed E-state index contributed by atoms with van der Waals surface area (Å²) in [6.07, 6.45) is 3.69. The van der Waals surface area contributed by atoms with E-state index in [1.807, 2.05) is 38.4 Å². The highest BCUT2D eigenvalue weighted by Gasteiger charge is 2.20. The zero-order valence-corrected chi connectivity index (χ0v) is 11.3. The minimum absolute atomic E-state index is 0.570. The molecule has 5 nitrogen and oxygen atoms in total. The third-order valence-corrected chi connectivity index (χ3v) is 2.61. The van der Waals surface area contributed by atoms with E-state index in [4.69, 9.17) is 0 Å². The summed E-state index contributed by atoms with van der Waals surface area (Å²) in [4.78, 5) is 6.09. The van der Waals surface area contributed by atoms with Gasteiger partial charge in [0.05, 0.1) is 17.6 Å². The van der Waals surface area contributed by atoms with Crippen LogP contribution in [0.1, 0.15) is 19.5 Å². The number of rotatable bonds is 7. The lowest BCUT2D eigenvalue weighted by molar-refractivity contribution is 0.0335. The van der Waals surface area contributed by atoms with E-state index in [1.165, 1.54) is 0 Å². The number of hydrogen-bond donors (Lipinski definition) is 2. The number of imidazole rings is 1. The van der Waals surface area contributed by atoms with Crippen molar-refractivity contribution in [3.05, 3.63) is 18.2 Å². The van der Waals surface area contributed by atoms with Gasteiger partial charge in [0, 0.05) is 32.4 Å². The van der Waals surface area contributed by atoms with Gasteiger partial charge in [-0.05, 0) is 27.9 Å². The number of likely N-dealkylation sites (N-methyl/N-ethyl adjacent to an activating group) is 1. The summed E-state index contributed by atoms with van der Waals surface area (Å²) >= 11 is 0. The molecule has 0 fully saturated rings. The third kappa shape index (κ3) is 4.85. The minimum atomic E-state index is -0.708. The van der Waals surface area contributed by atoms with E-state index in [0.717, 1.165) is 18.8 Å². The second-order valence-corrected chi connectivity index (χ2v) is 5.01. The summed E-state index contributed by atoms with van der Waals surface area (Å²) in [5, 5.41) is 13.4. The van der Waals surface area contributed by atoms with Crippen LogP contribution in [0.2, 0.25) is 0 Å². The second-order valence-electron chi connectivity index (χ2n) is 5.01. The zero-order valence-electron chi connectivity index (χ0n) is 11.3. The molecule has 0 aliphatic rings. The van der Waals surface area contributed by atoms with Crippen LogP contribution in [-0.2, 0) is 13.1 Å². The topological polar surface area (TPSA) is 53.3 Å². The van der Waals surface area contributed by atoms with Crippen LogP contribution in [-0.4, -0.2) is 52.3 Å². The lowest BCUT2D eigenvalue weighted by atomic mass is 10.1. The van der Waals surface area contributed by atoms with Gasteiger partial charge < -0.3 is 19.9 Å². The van der Waals surface area contributed by atoms with Crippen LogP contribution in [0, 0.1) is 0 Å².